The van der Waals surface area contributed by atoms with Gasteiger partial charge in [-0.3, -0.25) is 9.59 Å². The maximum Gasteiger partial charge on any atom is 0.255 e. The van der Waals surface area contributed by atoms with Crippen LogP contribution >= 0.6 is 11.6 Å². The van der Waals surface area contributed by atoms with E-state index in [1.165, 1.54) is 18.4 Å². The minimum atomic E-state index is -0.224. The van der Waals surface area contributed by atoms with E-state index < -0.39 is 0 Å². The van der Waals surface area contributed by atoms with E-state index in [-0.39, 0.29) is 11.8 Å². The van der Waals surface area contributed by atoms with Crippen molar-refractivity contribution in [2.24, 2.45) is 0 Å². The average Bonchev–Trinajstić information content (AvgIpc) is 2.94. The minimum absolute atomic E-state index is 0.102. The molecule has 0 unspecified atom stereocenters. The molecule has 3 aromatic carbocycles. The fraction of sp³-hybridized carbons (Fsp3) is 0.333. The Morgan fingerprint density at radius 3 is 2.30 bits per heavy atom. The molecule has 7 heteroatoms. The molecule has 0 radical (unpaired) electrons. The van der Waals surface area contributed by atoms with Crippen molar-refractivity contribution in [3.63, 3.8) is 0 Å². The van der Waals surface area contributed by atoms with Crippen molar-refractivity contribution in [3.8, 4) is 5.75 Å². The topological polar surface area (TPSA) is 70.7 Å². The third kappa shape index (κ3) is 7.81. The summed E-state index contributed by atoms with van der Waals surface area (Å²) < 4.78 is 5.37. The number of amides is 2. The van der Waals surface area contributed by atoms with E-state index in [9.17, 15) is 9.59 Å². The first-order valence-electron chi connectivity index (χ1n) is 12.8. The van der Waals surface area contributed by atoms with E-state index in [0.717, 1.165) is 38.2 Å². The van der Waals surface area contributed by atoms with Gasteiger partial charge in [0.05, 0.1) is 7.11 Å². The Morgan fingerprint density at radius 2 is 1.59 bits per heavy atom. The number of hydrogen-bond donors (Lipinski definition) is 2. The number of ether oxygens (including phenoxy) is 1. The Kier molecular flexibility index (Phi) is 9.58. The number of methoxy groups -OCH3 is 1. The van der Waals surface area contributed by atoms with Gasteiger partial charge < -0.3 is 20.3 Å². The fourth-order valence-electron chi connectivity index (χ4n) is 4.66. The van der Waals surface area contributed by atoms with Gasteiger partial charge >= 0.3 is 0 Å². The summed E-state index contributed by atoms with van der Waals surface area (Å²) in [6.45, 7) is 3.92. The first-order valence-corrected chi connectivity index (χ1v) is 13.2. The van der Waals surface area contributed by atoms with Crippen LogP contribution in [-0.4, -0.2) is 50.0 Å². The molecule has 3 aromatic rings. The second-order valence-corrected chi connectivity index (χ2v) is 9.83. The number of likely N-dealkylation sites (tertiary alicyclic amines) is 1. The number of hydrogen-bond acceptors (Lipinski definition) is 4. The number of halogens is 1. The minimum Gasteiger partial charge on any atom is -0.497 e. The molecule has 37 heavy (non-hydrogen) atoms. The average molecular weight is 520 g/mol. The first-order chi connectivity index (χ1) is 18.0. The largest absolute Gasteiger partial charge is 0.497 e. The lowest BCUT2D eigenvalue weighted by atomic mass is 9.89. The van der Waals surface area contributed by atoms with Gasteiger partial charge in [0.15, 0.2) is 0 Å². The molecule has 0 spiro atoms. The summed E-state index contributed by atoms with van der Waals surface area (Å²) in [5.74, 6) is 1.20. The number of unbranched alkanes of at least 4 members (excludes halogenated alkanes) is 1. The molecule has 2 amide bonds. The molecule has 1 saturated heterocycles. The molecular formula is C30H34ClN3O3. The summed E-state index contributed by atoms with van der Waals surface area (Å²) in [6.07, 6.45) is 4.33. The SMILES string of the molecule is COc1cccc(C2CCN(CCCCNC(=O)c3ccc(NC(=O)c4ccc(Cl)cc4)cc3)CC2)c1. The molecule has 4 rings (SSSR count). The van der Waals surface area contributed by atoms with Gasteiger partial charge in [-0.05, 0) is 117 Å². The van der Waals surface area contributed by atoms with Crippen LogP contribution in [0.15, 0.2) is 72.8 Å². The smallest absolute Gasteiger partial charge is 0.255 e. The van der Waals surface area contributed by atoms with Crippen molar-refractivity contribution in [2.75, 3.05) is 38.6 Å². The number of carbonyl (C=O) groups is 2. The Bertz CT molecular complexity index is 1170. The highest BCUT2D eigenvalue weighted by molar-refractivity contribution is 6.30. The molecule has 0 saturated carbocycles. The Morgan fingerprint density at radius 1 is 0.919 bits per heavy atom. The molecule has 0 aliphatic carbocycles. The van der Waals surface area contributed by atoms with Gasteiger partial charge in [0.1, 0.15) is 5.75 Å². The summed E-state index contributed by atoms with van der Waals surface area (Å²) in [4.78, 5) is 27.3. The summed E-state index contributed by atoms with van der Waals surface area (Å²) in [6, 6.07) is 22.0. The summed E-state index contributed by atoms with van der Waals surface area (Å²) in [5, 5.41) is 6.41. The highest BCUT2D eigenvalue weighted by atomic mass is 35.5. The molecule has 0 aromatic heterocycles. The number of carbonyl (C=O) groups excluding carboxylic acids is 2. The van der Waals surface area contributed by atoms with Gasteiger partial charge in [-0.25, -0.2) is 0 Å². The predicted molar refractivity (Wildman–Crippen MR) is 149 cm³/mol. The van der Waals surface area contributed by atoms with Crippen LogP contribution in [0.5, 0.6) is 5.75 Å². The van der Waals surface area contributed by atoms with Gasteiger partial charge in [0, 0.05) is 28.4 Å². The summed E-state index contributed by atoms with van der Waals surface area (Å²) in [5.41, 5.74) is 3.10. The quantitative estimate of drug-likeness (QED) is 0.323. The highest BCUT2D eigenvalue weighted by Gasteiger charge is 2.20. The second kappa shape index (κ2) is 13.3. The number of benzene rings is 3. The molecule has 1 heterocycles. The molecule has 1 fully saturated rings. The van der Waals surface area contributed by atoms with E-state index in [1.807, 2.05) is 6.07 Å². The Balaban J connectivity index is 1.12. The number of piperidine rings is 1. The van der Waals surface area contributed by atoms with Gasteiger partial charge in [0.25, 0.3) is 11.8 Å². The maximum atomic E-state index is 12.5. The maximum absolute atomic E-state index is 12.5. The lowest BCUT2D eigenvalue weighted by Crippen LogP contribution is -2.34. The van der Waals surface area contributed by atoms with Crippen LogP contribution in [0, 0.1) is 0 Å². The molecule has 2 N–H and O–H groups in total. The molecule has 1 aliphatic rings. The zero-order chi connectivity index (χ0) is 26.0. The van der Waals surface area contributed by atoms with Gasteiger partial charge in [-0.15, -0.1) is 0 Å². The standard InChI is InChI=1S/C30H34ClN3O3/c1-37-28-6-4-5-25(21-28)22-15-19-34(20-16-22)18-3-2-17-32-29(35)23-9-13-27(14-10-23)33-30(36)24-7-11-26(31)12-8-24/h4-14,21-22H,2-3,15-20H2,1H3,(H,32,35)(H,33,36). The zero-order valence-corrected chi connectivity index (χ0v) is 22.0. The monoisotopic (exact) mass is 519 g/mol. The third-order valence-corrected chi connectivity index (χ3v) is 7.10. The molecule has 1 aliphatic heterocycles. The lowest BCUT2D eigenvalue weighted by Gasteiger charge is -2.32. The molecule has 0 bridgehead atoms. The van der Waals surface area contributed by atoms with E-state index >= 15 is 0 Å². The lowest BCUT2D eigenvalue weighted by molar-refractivity contribution is 0.0951. The molecule has 0 atom stereocenters. The van der Waals surface area contributed by atoms with E-state index in [0.29, 0.717) is 34.3 Å². The fourth-order valence-corrected chi connectivity index (χ4v) is 4.79. The van der Waals surface area contributed by atoms with Crippen molar-refractivity contribution in [3.05, 3.63) is 94.5 Å². The van der Waals surface area contributed by atoms with Crippen molar-refractivity contribution >= 4 is 29.1 Å². The Hall–Kier alpha value is -3.35. The number of nitrogens with zero attached hydrogens (tertiary/aromatic N) is 1. The second-order valence-electron chi connectivity index (χ2n) is 9.39. The van der Waals surface area contributed by atoms with Crippen LogP contribution in [0.25, 0.3) is 0 Å². The van der Waals surface area contributed by atoms with Crippen molar-refractivity contribution in [1.82, 2.24) is 10.2 Å². The first kappa shape index (κ1) is 26.7. The van der Waals surface area contributed by atoms with Crippen LogP contribution < -0.4 is 15.4 Å². The van der Waals surface area contributed by atoms with Crippen molar-refractivity contribution < 1.29 is 14.3 Å². The Labute approximate surface area is 224 Å². The van der Waals surface area contributed by atoms with Crippen molar-refractivity contribution in [1.29, 1.82) is 0 Å². The molecule has 6 nitrogen and oxygen atoms in total. The highest BCUT2D eigenvalue weighted by Crippen LogP contribution is 2.30. The van der Waals surface area contributed by atoms with E-state index in [4.69, 9.17) is 16.3 Å². The van der Waals surface area contributed by atoms with Gasteiger partial charge in [-0.1, -0.05) is 23.7 Å². The van der Waals surface area contributed by atoms with Gasteiger partial charge in [0.2, 0.25) is 0 Å². The predicted octanol–water partition coefficient (Wildman–Crippen LogP) is 5.99. The number of nitrogens with one attached hydrogen (secondary N) is 2. The normalized spacial score (nSPS) is 14.2. The van der Waals surface area contributed by atoms with Crippen LogP contribution in [0.2, 0.25) is 5.02 Å². The van der Waals surface area contributed by atoms with Crippen LogP contribution in [0.1, 0.15) is 57.9 Å². The summed E-state index contributed by atoms with van der Waals surface area (Å²) in [7, 11) is 1.71. The number of rotatable bonds is 10. The molecule has 194 valence electrons. The zero-order valence-electron chi connectivity index (χ0n) is 21.2. The third-order valence-electron chi connectivity index (χ3n) is 6.85. The molecular weight excluding hydrogens is 486 g/mol. The van der Waals surface area contributed by atoms with Crippen molar-refractivity contribution in [2.45, 2.75) is 31.6 Å². The van der Waals surface area contributed by atoms with Crippen LogP contribution in [0.3, 0.4) is 0 Å². The van der Waals surface area contributed by atoms with E-state index in [2.05, 4.69) is 33.7 Å². The van der Waals surface area contributed by atoms with E-state index in [1.54, 1.807) is 55.6 Å². The summed E-state index contributed by atoms with van der Waals surface area (Å²) >= 11 is 5.87. The number of anilines is 1. The van der Waals surface area contributed by atoms with Crippen LogP contribution in [0.4, 0.5) is 5.69 Å². The van der Waals surface area contributed by atoms with Crippen LogP contribution in [-0.2, 0) is 0 Å². The van der Waals surface area contributed by atoms with Gasteiger partial charge in [-0.2, -0.15) is 0 Å².